The Balaban J connectivity index is 1.01. The first-order valence-electron chi connectivity index (χ1n) is 31.6. The number of likely N-dealkylation sites (N-methyl/N-ethyl adjacent to an activating group) is 2. The zero-order valence-corrected chi connectivity index (χ0v) is 52.4. The van der Waals surface area contributed by atoms with Gasteiger partial charge in [0.25, 0.3) is 11.8 Å². The molecular weight excluding hydrogens is 1070 g/mol. The number of nitrogens with zero attached hydrogens (tertiary/aromatic N) is 5. The van der Waals surface area contributed by atoms with E-state index >= 15 is 0 Å². The Morgan fingerprint density at radius 1 is 0.786 bits per heavy atom. The molecule has 0 spiro atoms. The fraction of sp³-hybridized carbons (Fsp3) is 0.738. The topological polar surface area (TPSA) is 223 Å². The molecule has 1 aromatic carbocycles. The number of unbranched alkanes of at least 4 members (excludes halogenated alkanes) is 2. The van der Waals surface area contributed by atoms with Crippen LogP contribution in [0.4, 0.5) is 0 Å². The molecule has 1 N–H and O–H groups in total. The number of aromatic amines is 1. The van der Waals surface area contributed by atoms with Gasteiger partial charge in [0.1, 0.15) is 11.6 Å². The number of hydroxylamine groups is 4. The fourth-order valence-electron chi connectivity index (χ4n) is 13.7. The number of benzene rings is 1. The number of imide groups is 1. The van der Waals surface area contributed by atoms with Crippen LogP contribution in [-0.4, -0.2) is 168 Å². The predicted octanol–water partition coefficient (Wildman–Crippen LogP) is 8.88. The van der Waals surface area contributed by atoms with Crippen molar-refractivity contribution in [3.05, 3.63) is 36.0 Å². The van der Waals surface area contributed by atoms with Crippen LogP contribution in [-0.2, 0) is 68.7 Å². The number of Topliss-reactive ketones (excluding diaryl/α,β-unsaturated/α-hetero) is 3. The molecule has 0 unspecified atom stereocenters. The lowest BCUT2D eigenvalue weighted by Crippen LogP contribution is -2.54. The zero-order chi connectivity index (χ0) is 61.4. The third-order valence-corrected chi connectivity index (χ3v) is 18.9. The second-order valence-electron chi connectivity index (χ2n) is 25.5. The van der Waals surface area contributed by atoms with Crippen molar-refractivity contribution in [1.82, 2.24) is 29.8 Å². The number of carbonyl (C=O) groups excluding carboxylic acids is 9. The molecule has 1 saturated carbocycles. The summed E-state index contributed by atoms with van der Waals surface area (Å²) in [5, 5.41) is 3.03. The van der Waals surface area contributed by atoms with Crippen LogP contribution in [0.25, 0.3) is 10.9 Å². The number of para-hydroxylation sites is 1. The predicted molar refractivity (Wildman–Crippen MR) is 318 cm³/mol. The Hall–Kier alpha value is -5.37. The van der Waals surface area contributed by atoms with Gasteiger partial charge < -0.3 is 29.1 Å². The first-order valence-corrected chi connectivity index (χ1v) is 31.6. The average Bonchev–Trinajstić information content (AvgIpc) is 3.76. The van der Waals surface area contributed by atoms with E-state index in [-0.39, 0.29) is 90.8 Å². The van der Waals surface area contributed by atoms with Gasteiger partial charge >= 0.3 is 5.97 Å². The van der Waals surface area contributed by atoms with E-state index in [1.807, 2.05) is 77.0 Å². The summed E-state index contributed by atoms with van der Waals surface area (Å²) in [6.07, 6.45) is 10.6. The van der Waals surface area contributed by atoms with E-state index in [4.69, 9.17) is 19.1 Å². The quantitative estimate of drug-likeness (QED) is 0.0521. The molecule has 1 aliphatic carbocycles. The van der Waals surface area contributed by atoms with E-state index in [2.05, 4.69) is 23.7 Å². The lowest BCUT2D eigenvalue weighted by Gasteiger charge is -2.41. The normalized spacial score (nSPS) is 21.6. The molecule has 4 fully saturated rings. The number of hydrogen-bond donors (Lipinski definition) is 1. The van der Waals surface area contributed by atoms with Crippen LogP contribution in [0.2, 0.25) is 0 Å². The maximum atomic E-state index is 14.9. The van der Waals surface area contributed by atoms with Crippen molar-refractivity contribution in [1.29, 1.82) is 0 Å². The fourth-order valence-corrected chi connectivity index (χ4v) is 13.7. The van der Waals surface area contributed by atoms with Crippen LogP contribution < -0.4 is 0 Å². The van der Waals surface area contributed by atoms with Gasteiger partial charge in [-0.15, -0.1) is 5.06 Å². The second-order valence-corrected chi connectivity index (χ2v) is 25.5. The van der Waals surface area contributed by atoms with Crippen molar-refractivity contribution in [2.24, 2.45) is 47.3 Å². The number of likely N-dealkylation sites (tertiary alicyclic amines) is 1. The number of rotatable bonds is 33. The number of H-pyrrole nitrogens is 1. The van der Waals surface area contributed by atoms with E-state index in [0.29, 0.717) is 89.1 Å². The molecule has 3 saturated heterocycles. The number of aromatic nitrogens is 1. The van der Waals surface area contributed by atoms with E-state index in [9.17, 15) is 43.2 Å². The number of fused-ring (bicyclic) bond motifs is 1. The molecule has 3 aliphatic heterocycles. The van der Waals surface area contributed by atoms with Gasteiger partial charge in [0.15, 0.2) is 5.78 Å². The van der Waals surface area contributed by atoms with Gasteiger partial charge in [-0.2, -0.15) is 0 Å². The maximum Gasteiger partial charge on any atom is 0.336 e. The number of amides is 5. The summed E-state index contributed by atoms with van der Waals surface area (Å²) < 4.78 is 12.3. The summed E-state index contributed by atoms with van der Waals surface area (Å²) in [7, 11) is 6.86. The SMILES string of the molecule is CC[C@H](C)[C@@H]([C@@H](CC(=O)N1CCC[C@H]1[C@H](OC)[C@@H](C)C(=O)C[C@@H](Cc1c[nH]c2ccccc12)C(=O)N1CCCCO1)OC)N(C)C(=O)[C@@H](CC(=O)[C@H](C(C)C)N(C)CCCCCC(=O)CC1CCC(C(=O)ON2C(=O)CCC2=O)CC1)C(C)C. The van der Waals surface area contributed by atoms with Crippen molar-refractivity contribution in [3.63, 3.8) is 0 Å². The molecule has 1 aromatic heterocycles. The third-order valence-electron chi connectivity index (χ3n) is 18.9. The second kappa shape index (κ2) is 32.4. The lowest BCUT2D eigenvalue weighted by molar-refractivity contribution is -0.201. The summed E-state index contributed by atoms with van der Waals surface area (Å²) in [4.78, 5) is 142. The monoisotopic (exact) mass is 1170 g/mol. The summed E-state index contributed by atoms with van der Waals surface area (Å²) in [5.74, 6) is -4.40. The van der Waals surface area contributed by atoms with Crippen molar-refractivity contribution < 1.29 is 62.3 Å². The van der Waals surface area contributed by atoms with Gasteiger partial charge in [0, 0.05) is 102 Å². The zero-order valence-electron chi connectivity index (χ0n) is 52.4. The van der Waals surface area contributed by atoms with Gasteiger partial charge in [0.05, 0.1) is 55.2 Å². The van der Waals surface area contributed by atoms with Crippen LogP contribution in [0.1, 0.15) is 176 Å². The lowest BCUT2D eigenvalue weighted by atomic mass is 9.79. The maximum absolute atomic E-state index is 14.9. The van der Waals surface area contributed by atoms with Crippen molar-refractivity contribution in [2.75, 3.05) is 54.6 Å². The van der Waals surface area contributed by atoms with Gasteiger partial charge in [-0.25, -0.2) is 9.86 Å². The van der Waals surface area contributed by atoms with Crippen LogP contribution >= 0.6 is 0 Å². The molecule has 4 heterocycles. The molecular formula is C65H100N6O13. The Morgan fingerprint density at radius 3 is 2.12 bits per heavy atom. The minimum Gasteiger partial charge on any atom is -0.379 e. The first-order chi connectivity index (χ1) is 40.1. The van der Waals surface area contributed by atoms with Crippen molar-refractivity contribution >= 4 is 63.8 Å². The molecule has 6 rings (SSSR count). The molecule has 5 amide bonds. The largest absolute Gasteiger partial charge is 0.379 e. The molecule has 84 heavy (non-hydrogen) atoms. The third kappa shape index (κ3) is 17.6. The summed E-state index contributed by atoms with van der Waals surface area (Å²) >= 11 is 0. The van der Waals surface area contributed by atoms with Crippen LogP contribution in [0, 0.1) is 47.3 Å². The van der Waals surface area contributed by atoms with Gasteiger partial charge in [-0.3, -0.25) is 48.1 Å². The molecule has 468 valence electrons. The molecule has 9 atom stereocenters. The highest BCUT2D eigenvalue weighted by atomic mass is 16.7. The van der Waals surface area contributed by atoms with E-state index in [1.54, 1.807) is 26.2 Å². The Bertz CT molecular complexity index is 2540. The first kappa shape index (κ1) is 67.8. The highest BCUT2D eigenvalue weighted by Gasteiger charge is 2.45. The molecule has 19 heteroatoms. The standard InChI is InChI=1S/C65H100N6O13/c1-12-43(6)61(56(81-10)39-59(77)69-32-20-24-53(69)62(82-11)44(7)54(73)37-47(63(78)70-33-18-19-34-83-70)36-48-40-66-52-23-16-15-22-50(48)52)68(9)64(79)51(41(2)3)38-55(74)60(42(4)5)67(8)31-17-13-14-21-49(72)35-45-25-27-46(28-26-45)65(80)84-71-57(75)29-30-58(71)76/h15-16,22-23,40-47,51,53,56,60-62,66H,12-14,17-21,24-39H2,1-11H3/t43-,44-,45?,46?,47+,51-,53-,56+,60-,61-,62+/m0/s1. The number of hydrogen-bond acceptors (Lipinski definition) is 14. The Labute approximate surface area is 499 Å². The number of ether oxygens (including phenoxy) is 2. The molecule has 0 bridgehead atoms. The highest BCUT2D eigenvalue weighted by molar-refractivity contribution is 6.01. The summed E-state index contributed by atoms with van der Waals surface area (Å²) in [6.45, 7) is 16.0. The van der Waals surface area contributed by atoms with Gasteiger partial charge in [-0.1, -0.05) is 79.5 Å². The molecule has 19 nitrogen and oxygen atoms in total. The van der Waals surface area contributed by atoms with Gasteiger partial charge in [0.2, 0.25) is 17.7 Å². The van der Waals surface area contributed by atoms with Crippen molar-refractivity contribution in [2.45, 2.75) is 207 Å². The summed E-state index contributed by atoms with van der Waals surface area (Å²) in [5.41, 5.74) is 1.91. The highest BCUT2D eigenvalue weighted by Crippen LogP contribution is 2.35. The van der Waals surface area contributed by atoms with Crippen LogP contribution in [0.3, 0.4) is 0 Å². The Morgan fingerprint density at radius 2 is 1.49 bits per heavy atom. The van der Waals surface area contributed by atoms with E-state index < -0.39 is 71.8 Å². The van der Waals surface area contributed by atoms with Crippen LogP contribution in [0.15, 0.2) is 30.5 Å². The smallest absolute Gasteiger partial charge is 0.336 e. The molecule has 0 radical (unpaired) electrons. The number of ketones is 3. The minimum absolute atomic E-state index is 0.00408. The summed E-state index contributed by atoms with van der Waals surface area (Å²) in [6, 6.07) is 6.59. The average molecular weight is 1170 g/mol. The number of nitrogens with one attached hydrogen (secondary N) is 1. The van der Waals surface area contributed by atoms with E-state index in [0.717, 1.165) is 55.0 Å². The minimum atomic E-state index is -0.675. The van der Waals surface area contributed by atoms with Gasteiger partial charge in [-0.05, 0) is 120 Å². The number of carbonyl (C=O) groups is 9. The molecule has 2 aromatic rings. The molecule has 4 aliphatic rings. The van der Waals surface area contributed by atoms with Crippen LogP contribution in [0.5, 0.6) is 0 Å². The van der Waals surface area contributed by atoms with E-state index in [1.165, 1.54) is 5.06 Å². The van der Waals surface area contributed by atoms with Crippen molar-refractivity contribution in [3.8, 4) is 0 Å². The Kier molecular flexibility index (Phi) is 26.1. The number of methoxy groups -OCH3 is 2.